The average molecular weight is 247 g/mol. The number of methoxy groups -OCH3 is 1. The number of thioether (sulfide) groups is 1. The molecule has 16 heavy (non-hydrogen) atoms. The number of aliphatic carboxylic acids is 1. The van der Waals surface area contributed by atoms with E-state index in [2.05, 4.69) is 4.74 Å². The zero-order chi connectivity index (χ0) is 12.5. The molecule has 0 aliphatic carbocycles. The molecule has 0 bridgehead atoms. The van der Waals surface area contributed by atoms with Crippen LogP contribution in [0.15, 0.2) is 0 Å². The highest BCUT2D eigenvalue weighted by Gasteiger charge is 2.53. The Morgan fingerprint density at radius 1 is 1.50 bits per heavy atom. The zero-order valence-corrected chi connectivity index (χ0v) is 10.0. The monoisotopic (exact) mass is 247 g/mol. The number of carboxylic acid groups (broad SMARTS) is 1. The van der Waals surface area contributed by atoms with Crippen molar-refractivity contribution in [2.24, 2.45) is 0 Å². The quantitative estimate of drug-likeness (QED) is 0.687. The first-order valence-corrected chi connectivity index (χ1v) is 5.58. The number of esters is 1. The third-order valence-electron chi connectivity index (χ3n) is 2.48. The van der Waals surface area contributed by atoms with Crippen molar-refractivity contribution in [1.29, 1.82) is 0 Å². The van der Waals surface area contributed by atoms with E-state index in [0.717, 1.165) is 16.7 Å². The highest BCUT2D eigenvalue weighted by molar-refractivity contribution is 8.01. The molecular formula is C9H13NO5S. The van der Waals surface area contributed by atoms with E-state index in [1.807, 2.05) is 0 Å². The number of amides is 1. The van der Waals surface area contributed by atoms with Crippen molar-refractivity contribution >= 4 is 29.6 Å². The molecule has 2 unspecified atom stereocenters. The number of rotatable bonds is 2. The van der Waals surface area contributed by atoms with E-state index in [-0.39, 0.29) is 5.75 Å². The fraction of sp³-hybridized carbons (Fsp3) is 0.667. The molecule has 1 amide bonds. The van der Waals surface area contributed by atoms with Crippen LogP contribution in [0.5, 0.6) is 0 Å². The lowest BCUT2D eigenvalue weighted by Gasteiger charge is -2.32. The van der Waals surface area contributed by atoms with Crippen molar-refractivity contribution in [3.63, 3.8) is 0 Å². The second-order valence-corrected chi connectivity index (χ2v) is 4.95. The van der Waals surface area contributed by atoms with Crippen LogP contribution in [0.1, 0.15) is 13.8 Å². The van der Waals surface area contributed by atoms with E-state index >= 15 is 0 Å². The Labute approximate surface area is 96.9 Å². The Morgan fingerprint density at radius 3 is 2.44 bits per heavy atom. The summed E-state index contributed by atoms with van der Waals surface area (Å²) in [5, 5.41) is 8.96. The van der Waals surface area contributed by atoms with Gasteiger partial charge in [-0.25, -0.2) is 9.59 Å². The van der Waals surface area contributed by atoms with Gasteiger partial charge in [-0.05, 0) is 6.92 Å². The third kappa shape index (κ3) is 1.87. The molecule has 0 radical (unpaired) electrons. The van der Waals surface area contributed by atoms with E-state index in [9.17, 15) is 14.4 Å². The number of carbonyl (C=O) groups excluding carboxylic acids is 2. The molecular weight excluding hydrogens is 234 g/mol. The summed E-state index contributed by atoms with van der Waals surface area (Å²) in [6, 6.07) is -0.980. The topological polar surface area (TPSA) is 83.9 Å². The minimum Gasteiger partial charge on any atom is -0.480 e. The number of carbonyl (C=O) groups is 3. The highest BCUT2D eigenvalue weighted by atomic mass is 32.2. The van der Waals surface area contributed by atoms with Gasteiger partial charge in [0.05, 0.1) is 7.11 Å². The summed E-state index contributed by atoms with van der Waals surface area (Å²) < 4.78 is 4.60. The molecule has 0 spiro atoms. The van der Waals surface area contributed by atoms with Crippen LogP contribution in [0.2, 0.25) is 0 Å². The first-order chi connectivity index (χ1) is 7.34. The van der Waals surface area contributed by atoms with Crippen molar-refractivity contribution in [3.8, 4) is 0 Å². The van der Waals surface area contributed by atoms with E-state index in [4.69, 9.17) is 5.11 Å². The van der Waals surface area contributed by atoms with Crippen molar-refractivity contribution in [3.05, 3.63) is 0 Å². The summed E-state index contributed by atoms with van der Waals surface area (Å²) in [5.41, 5.74) is 0. The minimum absolute atomic E-state index is 0.181. The Balaban J connectivity index is 3.09. The van der Waals surface area contributed by atoms with E-state index in [1.54, 1.807) is 0 Å². The van der Waals surface area contributed by atoms with Gasteiger partial charge in [-0.3, -0.25) is 4.79 Å². The Kier molecular flexibility index (Phi) is 3.47. The fourth-order valence-electron chi connectivity index (χ4n) is 1.73. The smallest absolute Gasteiger partial charge is 0.342 e. The highest BCUT2D eigenvalue weighted by Crippen LogP contribution is 2.40. The standard InChI is InChI=1S/C9H13NO5S/c1-5(11)10-6(7(12)13)4-16-9(10,2)8(14)15-3/h6H,4H2,1-3H3,(H,12,13). The molecule has 0 aromatic rings. The molecule has 1 N–H and O–H groups in total. The lowest BCUT2D eigenvalue weighted by atomic mass is 10.2. The Bertz CT molecular complexity index is 345. The van der Waals surface area contributed by atoms with Crippen LogP contribution in [0, 0.1) is 0 Å². The third-order valence-corrected chi connectivity index (χ3v) is 3.89. The van der Waals surface area contributed by atoms with Crippen LogP contribution < -0.4 is 0 Å². The maximum absolute atomic E-state index is 11.6. The minimum atomic E-state index is -1.25. The molecule has 1 aliphatic heterocycles. The number of ether oxygens (including phenoxy) is 1. The van der Waals surface area contributed by atoms with Crippen LogP contribution in [0.3, 0.4) is 0 Å². The molecule has 1 rings (SSSR count). The average Bonchev–Trinajstić information content (AvgIpc) is 2.56. The van der Waals surface area contributed by atoms with Gasteiger partial charge in [0.15, 0.2) is 4.87 Å². The molecule has 1 heterocycles. The van der Waals surface area contributed by atoms with Gasteiger partial charge >= 0.3 is 11.9 Å². The molecule has 0 saturated carbocycles. The number of carboxylic acids is 1. The van der Waals surface area contributed by atoms with E-state index < -0.39 is 28.8 Å². The summed E-state index contributed by atoms with van der Waals surface area (Å²) in [6.45, 7) is 2.73. The molecule has 90 valence electrons. The second-order valence-electron chi connectivity index (χ2n) is 3.53. The normalized spacial score (nSPS) is 28.9. The largest absolute Gasteiger partial charge is 0.480 e. The van der Waals surface area contributed by atoms with Gasteiger partial charge in [0.25, 0.3) is 0 Å². The molecule has 1 fully saturated rings. The Morgan fingerprint density at radius 2 is 2.06 bits per heavy atom. The fourth-order valence-corrected chi connectivity index (χ4v) is 3.10. The van der Waals surface area contributed by atoms with Gasteiger partial charge in [-0.2, -0.15) is 0 Å². The second kappa shape index (κ2) is 4.32. The maximum atomic E-state index is 11.6. The summed E-state index contributed by atoms with van der Waals surface area (Å²) >= 11 is 1.10. The van der Waals surface area contributed by atoms with Crippen LogP contribution in [0.4, 0.5) is 0 Å². The van der Waals surface area contributed by atoms with Gasteiger partial charge in [-0.15, -0.1) is 11.8 Å². The maximum Gasteiger partial charge on any atom is 0.342 e. The Hall–Kier alpha value is -1.24. The molecule has 2 atom stereocenters. The van der Waals surface area contributed by atoms with E-state index in [1.165, 1.54) is 21.0 Å². The first kappa shape index (κ1) is 12.8. The summed E-state index contributed by atoms with van der Waals surface area (Å²) in [7, 11) is 1.21. The summed E-state index contributed by atoms with van der Waals surface area (Å²) in [4.78, 5) is 33.8. The summed E-state index contributed by atoms with van der Waals surface area (Å²) in [5.74, 6) is -2.00. The molecule has 6 nitrogen and oxygen atoms in total. The van der Waals surface area contributed by atoms with Gasteiger partial charge in [0.1, 0.15) is 6.04 Å². The van der Waals surface area contributed by atoms with E-state index in [0.29, 0.717) is 0 Å². The van der Waals surface area contributed by atoms with Gasteiger partial charge in [0, 0.05) is 12.7 Å². The SMILES string of the molecule is COC(=O)C1(C)SCC(C(=O)O)N1C(C)=O. The van der Waals surface area contributed by atoms with Crippen LogP contribution in [0.25, 0.3) is 0 Å². The summed E-state index contributed by atoms with van der Waals surface area (Å²) in [6.07, 6.45) is 0. The first-order valence-electron chi connectivity index (χ1n) is 4.59. The van der Waals surface area contributed by atoms with Crippen LogP contribution in [-0.2, 0) is 19.1 Å². The zero-order valence-electron chi connectivity index (χ0n) is 9.22. The van der Waals surface area contributed by atoms with Gasteiger partial charge in [0.2, 0.25) is 5.91 Å². The lowest BCUT2D eigenvalue weighted by Crippen LogP contribution is -2.54. The number of nitrogens with zero attached hydrogens (tertiary/aromatic N) is 1. The molecule has 0 aromatic carbocycles. The predicted octanol–water partition coefficient (Wildman–Crippen LogP) is -0.0759. The lowest BCUT2D eigenvalue weighted by molar-refractivity contribution is -0.159. The number of hydrogen-bond donors (Lipinski definition) is 1. The molecule has 0 aromatic heterocycles. The van der Waals surface area contributed by atoms with Crippen LogP contribution >= 0.6 is 11.8 Å². The van der Waals surface area contributed by atoms with Gasteiger partial charge < -0.3 is 14.7 Å². The van der Waals surface area contributed by atoms with Crippen molar-refractivity contribution in [1.82, 2.24) is 4.90 Å². The van der Waals surface area contributed by atoms with Crippen molar-refractivity contribution in [2.45, 2.75) is 24.8 Å². The van der Waals surface area contributed by atoms with Gasteiger partial charge in [-0.1, -0.05) is 0 Å². The molecule has 1 saturated heterocycles. The predicted molar refractivity (Wildman–Crippen MR) is 56.8 cm³/mol. The van der Waals surface area contributed by atoms with Crippen molar-refractivity contribution < 1.29 is 24.2 Å². The molecule has 7 heteroatoms. The van der Waals surface area contributed by atoms with Crippen molar-refractivity contribution in [2.75, 3.05) is 12.9 Å². The van der Waals surface area contributed by atoms with Crippen LogP contribution in [-0.4, -0.2) is 51.6 Å². The number of hydrogen-bond acceptors (Lipinski definition) is 5. The molecule has 1 aliphatic rings.